The molecule has 12 heteroatoms. The Bertz CT molecular complexity index is 1410. The van der Waals surface area contributed by atoms with Gasteiger partial charge in [-0.2, -0.15) is 14.6 Å². The molecule has 9 nitrogen and oxygen atoms in total. The fourth-order valence-corrected chi connectivity index (χ4v) is 4.62. The molecule has 0 unspecified atom stereocenters. The lowest BCUT2D eigenvalue weighted by atomic mass is 10.1. The van der Waals surface area contributed by atoms with Crippen molar-refractivity contribution in [3.8, 4) is 17.6 Å². The number of ether oxygens (including phenoxy) is 2. The molecule has 3 rings (SSSR count). The zero-order valence-electron chi connectivity index (χ0n) is 19.0. The van der Waals surface area contributed by atoms with Crippen molar-refractivity contribution in [2.24, 2.45) is 0 Å². The molecule has 0 fully saturated rings. The molecule has 1 N–H and O–H groups in total. The lowest BCUT2D eigenvalue weighted by Gasteiger charge is -2.13. The molecule has 0 aliphatic rings. The van der Waals surface area contributed by atoms with Gasteiger partial charge in [-0.25, -0.2) is 8.42 Å². The molecule has 182 valence electrons. The van der Waals surface area contributed by atoms with Crippen LogP contribution in [0.2, 0.25) is 5.02 Å². The van der Waals surface area contributed by atoms with Crippen molar-refractivity contribution in [2.45, 2.75) is 19.0 Å². The zero-order chi connectivity index (χ0) is 25.6. The molecular weight excluding hydrogens is 512 g/mol. The summed E-state index contributed by atoms with van der Waals surface area (Å²) in [5.74, 6) is 0.494. The van der Waals surface area contributed by atoms with Crippen LogP contribution in [0.3, 0.4) is 0 Å². The number of aromatic nitrogens is 2. The van der Waals surface area contributed by atoms with E-state index in [0.717, 1.165) is 23.1 Å². The Morgan fingerprint density at radius 1 is 1.20 bits per heavy atom. The molecule has 1 heterocycles. The van der Waals surface area contributed by atoms with Gasteiger partial charge >= 0.3 is 0 Å². The predicted octanol–water partition coefficient (Wildman–Crippen LogP) is 4.22. The molecule has 0 spiro atoms. The molecule has 0 aliphatic heterocycles. The summed E-state index contributed by atoms with van der Waals surface area (Å²) in [5.41, 5.74) is 2.35. The van der Waals surface area contributed by atoms with Crippen LogP contribution in [0.25, 0.3) is 6.08 Å². The quantitative estimate of drug-likeness (QED) is 0.246. The van der Waals surface area contributed by atoms with Gasteiger partial charge in [0.25, 0.3) is 11.1 Å². The number of halogens is 1. The number of nitrogens with one attached hydrogen (secondary N) is 1. The van der Waals surface area contributed by atoms with Crippen LogP contribution >= 0.6 is 23.1 Å². The average molecular weight is 533 g/mol. The zero-order valence-corrected chi connectivity index (χ0v) is 21.4. The van der Waals surface area contributed by atoms with Crippen molar-refractivity contribution in [3.05, 3.63) is 63.7 Å². The summed E-state index contributed by atoms with van der Waals surface area (Å²) >= 11 is 7.00. The number of anilines is 1. The molecule has 0 bridgehead atoms. The summed E-state index contributed by atoms with van der Waals surface area (Å²) < 4.78 is 38.1. The van der Waals surface area contributed by atoms with Crippen molar-refractivity contribution in [1.82, 2.24) is 9.36 Å². The number of benzene rings is 2. The van der Waals surface area contributed by atoms with E-state index in [1.165, 1.54) is 6.08 Å². The highest BCUT2D eigenvalue weighted by atomic mass is 35.5. The van der Waals surface area contributed by atoms with E-state index in [1.807, 2.05) is 32.0 Å². The number of aryl methyl sites for hydroxylation is 2. The van der Waals surface area contributed by atoms with Gasteiger partial charge in [0.1, 0.15) is 36.4 Å². The molecule has 1 aromatic heterocycles. The normalized spacial score (nSPS) is 11.6. The second-order valence-corrected chi connectivity index (χ2v) is 10.5. The molecule has 0 saturated heterocycles. The standard InChI is InChI=1S/C23H21ClN4O5S2/c1-14-5-4-6-15(2)20(14)33-10-9-32-19-8-7-16(12-18(19)24)11-17(13-25)21(29)26-22-27-23(28-34-22)35(3,30)31/h4-8,11-12H,9-10H2,1-3H3,(H,26,27,28,29). The highest BCUT2D eigenvalue weighted by Gasteiger charge is 2.17. The molecular formula is C23H21ClN4O5S2. The average Bonchev–Trinajstić information content (AvgIpc) is 3.27. The first-order valence-electron chi connectivity index (χ1n) is 10.2. The van der Waals surface area contributed by atoms with Crippen molar-refractivity contribution < 1.29 is 22.7 Å². The Kier molecular flexibility index (Phi) is 8.45. The van der Waals surface area contributed by atoms with Crippen LogP contribution < -0.4 is 14.8 Å². The summed E-state index contributed by atoms with van der Waals surface area (Å²) in [5, 5.41) is 11.6. The van der Waals surface area contributed by atoms with Crippen molar-refractivity contribution in [1.29, 1.82) is 5.26 Å². The maximum atomic E-state index is 12.4. The largest absolute Gasteiger partial charge is 0.489 e. The van der Waals surface area contributed by atoms with Crippen LogP contribution in [0.1, 0.15) is 16.7 Å². The SMILES string of the molecule is Cc1cccc(C)c1OCCOc1ccc(C=C(C#N)C(=O)Nc2nc(S(C)(=O)=O)ns2)cc1Cl. The van der Waals surface area contributed by atoms with E-state index in [9.17, 15) is 18.5 Å². The molecule has 0 aliphatic carbocycles. The topological polar surface area (TPSA) is 131 Å². The van der Waals surface area contributed by atoms with Gasteiger partial charge in [-0.15, -0.1) is 0 Å². The Morgan fingerprint density at radius 2 is 1.89 bits per heavy atom. The van der Waals surface area contributed by atoms with Gasteiger partial charge < -0.3 is 9.47 Å². The van der Waals surface area contributed by atoms with E-state index in [2.05, 4.69) is 14.7 Å². The van der Waals surface area contributed by atoms with E-state index in [-0.39, 0.29) is 17.3 Å². The van der Waals surface area contributed by atoms with Crippen LogP contribution in [0.15, 0.2) is 47.1 Å². The van der Waals surface area contributed by atoms with Gasteiger partial charge in [0.15, 0.2) is 0 Å². The first-order valence-corrected chi connectivity index (χ1v) is 13.2. The van der Waals surface area contributed by atoms with E-state index in [1.54, 1.807) is 24.3 Å². The van der Waals surface area contributed by atoms with Crippen molar-refractivity contribution in [3.63, 3.8) is 0 Å². The summed E-state index contributed by atoms with van der Waals surface area (Å²) in [4.78, 5) is 16.2. The smallest absolute Gasteiger partial charge is 0.268 e. The highest BCUT2D eigenvalue weighted by Crippen LogP contribution is 2.27. The molecule has 2 aromatic carbocycles. The molecule has 3 aromatic rings. The van der Waals surface area contributed by atoms with Gasteiger partial charge in [-0.1, -0.05) is 35.9 Å². The monoisotopic (exact) mass is 532 g/mol. The number of nitriles is 1. The third-order valence-electron chi connectivity index (χ3n) is 4.59. The number of amides is 1. The van der Waals surface area contributed by atoms with E-state index >= 15 is 0 Å². The van der Waals surface area contributed by atoms with Gasteiger partial charge in [-0.3, -0.25) is 10.1 Å². The third-order valence-corrected chi connectivity index (χ3v) is 6.47. The third kappa shape index (κ3) is 7.02. The summed E-state index contributed by atoms with van der Waals surface area (Å²) in [6, 6.07) is 12.6. The van der Waals surface area contributed by atoms with Gasteiger partial charge in [0.05, 0.1) is 5.02 Å². The summed E-state index contributed by atoms with van der Waals surface area (Å²) in [6.45, 7) is 4.55. The molecule has 0 atom stereocenters. The Hall–Kier alpha value is -3.46. The number of para-hydroxylation sites is 1. The fraction of sp³-hybridized carbons (Fsp3) is 0.217. The minimum atomic E-state index is -3.60. The first-order chi connectivity index (χ1) is 16.6. The molecule has 0 radical (unpaired) electrons. The van der Waals surface area contributed by atoms with Crippen molar-refractivity contribution >= 4 is 50.1 Å². The Labute approximate surface area is 212 Å². The van der Waals surface area contributed by atoms with Crippen LogP contribution in [-0.4, -0.2) is 43.2 Å². The minimum absolute atomic E-state index is 0.0403. The molecule has 0 saturated carbocycles. The van der Waals surface area contributed by atoms with Crippen LogP contribution in [0.4, 0.5) is 5.13 Å². The maximum Gasteiger partial charge on any atom is 0.268 e. The number of sulfone groups is 1. The van der Waals surface area contributed by atoms with Crippen LogP contribution in [0, 0.1) is 25.2 Å². The highest BCUT2D eigenvalue weighted by molar-refractivity contribution is 7.90. The Balaban J connectivity index is 1.61. The van der Waals surface area contributed by atoms with E-state index < -0.39 is 20.9 Å². The fourth-order valence-electron chi connectivity index (χ4n) is 2.94. The second-order valence-electron chi connectivity index (χ2n) is 7.39. The lowest BCUT2D eigenvalue weighted by molar-refractivity contribution is -0.112. The van der Waals surface area contributed by atoms with Gasteiger partial charge in [-0.05, 0) is 48.7 Å². The lowest BCUT2D eigenvalue weighted by Crippen LogP contribution is -2.13. The summed E-state index contributed by atoms with van der Waals surface area (Å²) in [6.07, 6.45) is 2.30. The summed E-state index contributed by atoms with van der Waals surface area (Å²) in [7, 11) is -3.60. The number of nitrogens with zero attached hydrogens (tertiary/aromatic N) is 3. The molecule has 1 amide bonds. The van der Waals surface area contributed by atoms with Crippen LogP contribution in [-0.2, 0) is 14.6 Å². The predicted molar refractivity (Wildman–Crippen MR) is 134 cm³/mol. The Morgan fingerprint density at radius 3 is 2.49 bits per heavy atom. The maximum absolute atomic E-state index is 12.4. The van der Waals surface area contributed by atoms with Crippen LogP contribution in [0.5, 0.6) is 11.5 Å². The number of carbonyl (C=O) groups excluding carboxylic acids is 1. The minimum Gasteiger partial charge on any atom is -0.489 e. The van der Waals surface area contributed by atoms with Gasteiger partial charge in [0, 0.05) is 17.8 Å². The number of hydrogen-bond acceptors (Lipinski definition) is 9. The number of carbonyl (C=O) groups is 1. The number of hydrogen-bond donors (Lipinski definition) is 1. The first kappa shape index (κ1) is 26.2. The van der Waals surface area contributed by atoms with Crippen molar-refractivity contribution in [2.75, 3.05) is 24.8 Å². The van der Waals surface area contributed by atoms with E-state index in [0.29, 0.717) is 34.5 Å². The number of rotatable bonds is 9. The second kappa shape index (κ2) is 11.3. The molecule has 35 heavy (non-hydrogen) atoms. The van der Waals surface area contributed by atoms with Gasteiger partial charge in [0.2, 0.25) is 15.0 Å². The van der Waals surface area contributed by atoms with E-state index in [4.69, 9.17) is 21.1 Å².